The van der Waals surface area contributed by atoms with Crippen LogP contribution in [0.5, 0.6) is 0 Å². The normalized spacial score (nSPS) is 20.5. The van der Waals surface area contributed by atoms with Crippen molar-refractivity contribution in [2.24, 2.45) is 5.73 Å². The van der Waals surface area contributed by atoms with Gasteiger partial charge in [-0.2, -0.15) is 11.8 Å². The lowest BCUT2D eigenvalue weighted by molar-refractivity contribution is 0.0741. The molecule has 1 aliphatic rings. The zero-order valence-electron chi connectivity index (χ0n) is 11.7. The van der Waals surface area contributed by atoms with E-state index in [1.807, 2.05) is 23.9 Å². The lowest BCUT2D eigenvalue weighted by Crippen LogP contribution is -2.55. The average Bonchev–Trinajstić information content (AvgIpc) is 2.47. The van der Waals surface area contributed by atoms with Gasteiger partial charge in [0, 0.05) is 23.7 Å². The molecule has 2 N–H and O–H groups in total. The van der Waals surface area contributed by atoms with Gasteiger partial charge in [-0.3, -0.25) is 4.90 Å². The van der Waals surface area contributed by atoms with Crippen LogP contribution in [0.25, 0.3) is 0 Å². The van der Waals surface area contributed by atoms with Gasteiger partial charge in [-0.05, 0) is 44.4 Å². The molecule has 0 saturated carbocycles. The molecule has 0 radical (unpaired) electrons. The highest BCUT2D eigenvalue weighted by Gasteiger charge is 2.37. The Hall–Kier alpha value is -0.580. The van der Waals surface area contributed by atoms with E-state index in [0.29, 0.717) is 6.54 Å². The molecule has 1 saturated heterocycles. The lowest BCUT2D eigenvalue weighted by Gasteiger charge is -2.46. The molecule has 0 bridgehead atoms. The molecule has 0 amide bonds. The number of halogens is 1. The van der Waals surface area contributed by atoms with E-state index < -0.39 is 0 Å². The predicted molar refractivity (Wildman–Crippen MR) is 80.9 cm³/mol. The van der Waals surface area contributed by atoms with Gasteiger partial charge in [-0.15, -0.1) is 0 Å². The highest BCUT2D eigenvalue weighted by Crippen LogP contribution is 2.36. The summed E-state index contributed by atoms with van der Waals surface area (Å²) in [4.78, 5) is 2.28. The second kappa shape index (κ2) is 6.25. The van der Waals surface area contributed by atoms with Crippen molar-refractivity contribution in [3.63, 3.8) is 0 Å². The molecule has 1 aromatic carbocycles. The smallest absolute Gasteiger partial charge is 0.127 e. The first-order valence-electron chi connectivity index (χ1n) is 6.86. The molecule has 2 nitrogen and oxygen atoms in total. The molecule has 1 heterocycles. The van der Waals surface area contributed by atoms with Crippen LogP contribution in [0.2, 0.25) is 0 Å². The van der Waals surface area contributed by atoms with E-state index in [9.17, 15) is 4.39 Å². The molecule has 1 aromatic rings. The third kappa shape index (κ3) is 2.96. The fourth-order valence-electron chi connectivity index (χ4n) is 2.89. The summed E-state index contributed by atoms with van der Waals surface area (Å²) in [6.45, 7) is 2.71. The molecule has 1 aliphatic heterocycles. The van der Waals surface area contributed by atoms with Crippen LogP contribution in [0, 0.1) is 5.82 Å². The predicted octanol–water partition coefficient (Wildman–Crippen LogP) is 3.04. The van der Waals surface area contributed by atoms with E-state index in [0.717, 1.165) is 29.9 Å². The quantitative estimate of drug-likeness (QED) is 0.920. The van der Waals surface area contributed by atoms with Crippen molar-refractivity contribution in [1.29, 1.82) is 0 Å². The van der Waals surface area contributed by atoms with Crippen LogP contribution < -0.4 is 5.73 Å². The third-order valence-corrected chi connectivity index (χ3v) is 5.47. The van der Waals surface area contributed by atoms with Crippen molar-refractivity contribution in [2.75, 3.05) is 25.1 Å². The number of nitrogens with zero attached hydrogens (tertiary/aromatic N) is 1. The molecule has 1 fully saturated rings. The number of thioether (sulfide) groups is 1. The Morgan fingerprint density at radius 3 is 2.58 bits per heavy atom. The molecular formula is C15H23FN2S. The van der Waals surface area contributed by atoms with E-state index in [1.165, 1.54) is 6.07 Å². The molecule has 4 heteroatoms. The van der Waals surface area contributed by atoms with Gasteiger partial charge in [0.15, 0.2) is 0 Å². The van der Waals surface area contributed by atoms with Crippen LogP contribution >= 0.6 is 11.8 Å². The van der Waals surface area contributed by atoms with Crippen LogP contribution in [0.15, 0.2) is 24.3 Å². The maximum absolute atomic E-state index is 13.9. The SMILES string of the molecule is CC(c1ccccc1F)N(C)C1(CN)CCSCC1. The summed E-state index contributed by atoms with van der Waals surface area (Å²) in [6, 6.07) is 7.09. The van der Waals surface area contributed by atoms with Crippen LogP contribution in [0.3, 0.4) is 0 Å². The fraction of sp³-hybridized carbons (Fsp3) is 0.600. The van der Waals surface area contributed by atoms with Gasteiger partial charge in [0.1, 0.15) is 5.82 Å². The Morgan fingerprint density at radius 1 is 1.37 bits per heavy atom. The van der Waals surface area contributed by atoms with E-state index in [1.54, 1.807) is 6.07 Å². The van der Waals surface area contributed by atoms with Crippen LogP contribution in [0.4, 0.5) is 4.39 Å². The monoisotopic (exact) mass is 282 g/mol. The molecule has 1 unspecified atom stereocenters. The number of nitrogens with two attached hydrogens (primary N) is 1. The zero-order valence-corrected chi connectivity index (χ0v) is 12.5. The van der Waals surface area contributed by atoms with Crippen molar-refractivity contribution >= 4 is 11.8 Å². The van der Waals surface area contributed by atoms with Crippen molar-refractivity contribution in [2.45, 2.75) is 31.3 Å². The van der Waals surface area contributed by atoms with Crippen molar-refractivity contribution in [3.8, 4) is 0 Å². The Balaban J connectivity index is 2.22. The maximum Gasteiger partial charge on any atom is 0.127 e. The first kappa shape index (κ1) is 14.8. The Morgan fingerprint density at radius 2 is 2.00 bits per heavy atom. The molecule has 19 heavy (non-hydrogen) atoms. The van der Waals surface area contributed by atoms with E-state index in [-0.39, 0.29) is 17.4 Å². The highest BCUT2D eigenvalue weighted by atomic mass is 32.2. The summed E-state index contributed by atoms with van der Waals surface area (Å²) < 4.78 is 13.9. The minimum Gasteiger partial charge on any atom is -0.329 e. The van der Waals surface area contributed by atoms with Gasteiger partial charge in [0.05, 0.1) is 0 Å². The second-order valence-electron chi connectivity index (χ2n) is 5.35. The molecular weight excluding hydrogens is 259 g/mol. The Bertz CT molecular complexity index is 418. The summed E-state index contributed by atoms with van der Waals surface area (Å²) in [5.41, 5.74) is 6.83. The third-order valence-electron chi connectivity index (χ3n) is 4.49. The van der Waals surface area contributed by atoms with Crippen molar-refractivity contribution in [3.05, 3.63) is 35.6 Å². The van der Waals surface area contributed by atoms with Crippen LogP contribution in [0.1, 0.15) is 31.4 Å². The van der Waals surface area contributed by atoms with Gasteiger partial charge in [-0.1, -0.05) is 18.2 Å². The average molecular weight is 282 g/mol. The van der Waals surface area contributed by atoms with Crippen LogP contribution in [-0.2, 0) is 0 Å². The van der Waals surface area contributed by atoms with Crippen molar-refractivity contribution in [1.82, 2.24) is 4.90 Å². The van der Waals surface area contributed by atoms with Gasteiger partial charge in [-0.25, -0.2) is 4.39 Å². The topological polar surface area (TPSA) is 29.3 Å². The summed E-state index contributed by atoms with van der Waals surface area (Å²) >= 11 is 1.98. The second-order valence-corrected chi connectivity index (χ2v) is 6.57. The van der Waals surface area contributed by atoms with E-state index in [2.05, 4.69) is 18.9 Å². The summed E-state index contributed by atoms with van der Waals surface area (Å²) in [5.74, 6) is 2.16. The summed E-state index contributed by atoms with van der Waals surface area (Å²) in [5, 5.41) is 0. The summed E-state index contributed by atoms with van der Waals surface area (Å²) in [6.07, 6.45) is 2.17. The maximum atomic E-state index is 13.9. The number of likely N-dealkylation sites (N-methyl/N-ethyl adjacent to an activating group) is 1. The minimum atomic E-state index is -0.126. The van der Waals surface area contributed by atoms with E-state index in [4.69, 9.17) is 5.73 Å². The number of hydrogen-bond donors (Lipinski definition) is 1. The highest BCUT2D eigenvalue weighted by molar-refractivity contribution is 7.99. The number of benzene rings is 1. The molecule has 0 spiro atoms. The van der Waals surface area contributed by atoms with Crippen LogP contribution in [-0.4, -0.2) is 35.5 Å². The lowest BCUT2D eigenvalue weighted by atomic mass is 9.88. The van der Waals surface area contributed by atoms with Gasteiger partial charge >= 0.3 is 0 Å². The summed E-state index contributed by atoms with van der Waals surface area (Å²) in [7, 11) is 2.08. The van der Waals surface area contributed by atoms with Crippen molar-refractivity contribution < 1.29 is 4.39 Å². The van der Waals surface area contributed by atoms with Gasteiger partial charge < -0.3 is 5.73 Å². The first-order valence-corrected chi connectivity index (χ1v) is 8.01. The van der Waals surface area contributed by atoms with Gasteiger partial charge in [0.25, 0.3) is 0 Å². The number of rotatable bonds is 4. The molecule has 0 aromatic heterocycles. The zero-order chi connectivity index (χ0) is 13.9. The van der Waals surface area contributed by atoms with E-state index >= 15 is 0 Å². The molecule has 1 atom stereocenters. The molecule has 2 rings (SSSR count). The number of hydrogen-bond acceptors (Lipinski definition) is 3. The standard InChI is InChI=1S/C15H23FN2S/c1-12(13-5-3-4-6-14(13)16)18(2)15(11-17)7-9-19-10-8-15/h3-6,12H,7-11,17H2,1-2H3. The Kier molecular flexibility index (Phi) is 4.87. The first-order chi connectivity index (χ1) is 9.10. The minimum absolute atomic E-state index is 0.0208. The van der Waals surface area contributed by atoms with Gasteiger partial charge in [0.2, 0.25) is 0 Å². The Labute approximate surface area is 119 Å². The fourth-order valence-corrected chi connectivity index (χ4v) is 4.14. The largest absolute Gasteiger partial charge is 0.329 e. The molecule has 106 valence electrons. The molecule has 0 aliphatic carbocycles.